The Kier molecular flexibility index (Phi) is 3.05. The second kappa shape index (κ2) is 4.56. The van der Waals surface area contributed by atoms with Gasteiger partial charge in [0.05, 0.1) is 5.75 Å². The average molecular weight is 309 g/mol. The van der Waals surface area contributed by atoms with Crippen LogP contribution < -0.4 is 0 Å². The third-order valence-electron chi connectivity index (χ3n) is 3.99. The normalized spacial score (nSPS) is 30.2. The van der Waals surface area contributed by atoms with Crippen LogP contribution in [-0.2, 0) is 29.0 Å². The van der Waals surface area contributed by atoms with E-state index in [1.807, 2.05) is 0 Å². The van der Waals surface area contributed by atoms with Crippen molar-refractivity contribution in [2.24, 2.45) is 0 Å². The summed E-state index contributed by atoms with van der Waals surface area (Å²) in [4.78, 5) is 23.2. The van der Waals surface area contributed by atoms with Crippen molar-refractivity contribution in [2.45, 2.75) is 24.3 Å². The minimum Gasteiger partial charge on any atom is -0.448 e. The number of hydrogen-bond acceptors (Lipinski definition) is 5. The zero-order valence-electron chi connectivity index (χ0n) is 11.5. The second-order valence-corrected chi connectivity index (χ2v) is 7.47. The van der Waals surface area contributed by atoms with Crippen molar-refractivity contribution in [3.05, 3.63) is 35.9 Å². The maximum absolute atomic E-state index is 12.7. The quantitative estimate of drug-likeness (QED) is 0.584. The van der Waals surface area contributed by atoms with Crippen LogP contribution in [0, 0.1) is 0 Å². The van der Waals surface area contributed by atoms with Crippen LogP contribution >= 0.6 is 0 Å². The van der Waals surface area contributed by atoms with E-state index < -0.39 is 32.7 Å². The number of rotatable bonds is 2. The predicted molar refractivity (Wildman–Crippen MR) is 73.8 cm³/mol. The zero-order chi connectivity index (χ0) is 15.3. The van der Waals surface area contributed by atoms with E-state index in [2.05, 4.69) is 0 Å². The fraction of sp³-hybridized carbons (Fsp3) is 0.429. The minimum atomic E-state index is -3.64. The highest BCUT2D eigenvalue weighted by molar-refractivity contribution is 7.92. The van der Waals surface area contributed by atoms with Gasteiger partial charge in [-0.05, 0) is 12.0 Å². The first kappa shape index (κ1) is 14.1. The molecule has 6 nitrogen and oxygen atoms in total. The molecule has 1 aromatic carbocycles. The smallest absolute Gasteiger partial charge is 0.303 e. The van der Waals surface area contributed by atoms with Crippen molar-refractivity contribution in [3.63, 3.8) is 0 Å². The molecule has 2 aliphatic rings. The summed E-state index contributed by atoms with van der Waals surface area (Å²) in [7, 11) is -3.64. The molecule has 1 aromatic rings. The van der Waals surface area contributed by atoms with Crippen molar-refractivity contribution >= 4 is 21.7 Å². The number of ether oxygens (including phenoxy) is 1. The molecular formula is C14H15NO5S. The summed E-state index contributed by atoms with van der Waals surface area (Å²) in [6.07, 6.45) is -0.891. The van der Waals surface area contributed by atoms with Crippen LogP contribution in [-0.4, -0.2) is 43.6 Å². The molecule has 2 fully saturated rings. The predicted octanol–water partition coefficient (Wildman–Crippen LogP) is 0.432. The van der Waals surface area contributed by atoms with Gasteiger partial charge >= 0.3 is 5.97 Å². The average Bonchev–Trinajstić information content (AvgIpc) is 2.44. The van der Waals surface area contributed by atoms with Gasteiger partial charge in [0.25, 0.3) is 5.91 Å². The Hall–Kier alpha value is -1.89. The van der Waals surface area contributed by atoms with Gasteiger partial charge in [0.1, 0.15) is 0 Å². The Balaban J connectivity index is 2.20. The van der Waals surface area contributed by atoms with Crippen molar-refractivity contribution < 1.29 is 22.7 Å². The Morgan fingerprint density at radius 2 is 2.00 bits per heavy atom. The lowest BCUT2D eigenvalue weighted by Gasteiger charge is -2.57. The van der Waals surface area contributed by atoms with Gasteiger partial charge in [0.15, 0.2) is 9.84 Å². The molecule has 3 rings (SSSR count). The van der Waals surface area contributed by atoms with Gasteiger partial charge in [-0.15, -0.1) is 0 Å². The molecule has 0 N–H and O–H groups in total. The molecule has 7 heteroatoms. The van der Waals surface area contributed by atoms with Crippen molar-refractivity contribution in [1.82, 2.24) is 4.90 Å². The first-order valence-corrected chi connectivity index (χ1v) is 8.33. The molecule has 1 amide bonds. The Bertz CT molecular complexity index is 699. The van der Waals surface area contributed by atoms with Crippen LogP contribution in [0.25, 0.3) is 0 Å². The Labute approximate surface area is 122 Å². The first-order chi connectivity index (χ1) is 9.91. The van der Waals surface area contributed by atoms with E-state index in [1.54, 1.807) is 30.3 Å². The SMILES string of the molecule is CC(=O)OC1C(=O)N2CCCS(=O)(=O)C12c1ccccc1. The van der Waals surface area contributed by atoms with E-state index in [1.165, 1.54) is 11.8 Å². The Morgan fingerprint density at radius 3 is 2.62 bits per heavy atom. The molecule has 2 unspecified atom stereocenters. The van der Waals surface area contributed by atoms with Gasteiger partial charge in [-0.3, -0.25) is 9.59 Å². The zero-order valence-corrected chi connectivity index (χ0v) is 12.3. The number of carbonyl (C=O) groups is 2. The molecule has 0 radical (unpaired) electrons. The van der Waals surface area contributed by atoms with Crippen LogP contribution in [0.2, 0.25) is 0 Å². The third-order valence-corrected chi connectivity index (χ3v) is 6.43. The van der Waals surface area contributed by atoms with Gasteiger partial charge in [-0.1, -0.05) is 30.3 Å². The number of nitrogens with zero attached hydrogens (tertiary/aromatic N) is 1. The fourth-order valence-electron chi connectivity index (χ4n) is 3.18. The lowest BCUT2D eigenvalue weighted by atomic mass is 9.89. The molecule has 0 bridgehead atoms. The minimum absolute atomic E-state index is 0.0244. The van der Waals surface area contributed by atoms with E-state index in [9.17, 15) is 18.0 Å². The van der Waals surface area contributed by atoms with Crippen molar-refractivity contribution in [2.75, 3.05) is 12.3 Å². The molecule has 2 aliphatic heterocycles. The number of hydrogen-bond donors (Lipinski definition) is 0. The van der Waals surface area contributed by atoms with Crippen molar-refractivity contribution in [3.8, 4) is 0 Å². The van der Waals surface area contributed by atoms with E-state index in [0.29, 0.717) is 18.5 Å². The standard InChI is InChI=1S/C14H15NO5S/c1-10(16)20-12-13(17)15-8-5-9-21(18,19)14(12,15)11-6-3-2-4-7-11/h2-4,6-7,12H,5,8-9H2,1H3. The molecule has 2 saturated heterocycles. The summed E-state index contributed by atoms with van der Waals surface area (Å²) >= 11 is 0. The van der Waals surface area contributed by atoms with Crippen LogP contribution in [0.15, 0.2) is 30.3 Å². The molecule has 0 aromatic heterocycles. The monoisotopic (exact) mass is 309 g/mol. The topological polar surface area (TPSA) is 80.8 Å². The lowest BCUT2D eigenvalue weighted by molar-refractivity contribution is -0.189. The number of sulfone groups is 1. The van der Waals surface area contributed by atoms with Gasteiger partial charge in [-0.2, -0.15) is 0 Å². The third kappa shape index (κ3) is 1.73. The maximum atomic E-state index is 12.7. The van der Waals surface area contributed by atoms with Gasteiger partial charge < -0.3 is 9.64 Å². The molecular weight excluding hydrogens is 294 g/mol. The molecule has 0 spiro atoms. The van der Waals surface area contributed by atoms with E-state index in [4.69, 9.17) is 4.74 Å². The first-order valence-electron chi connectivity index (χ1n) is 6.68. The van der Waals surface area contributed by atoms with E-state index in [-0.39, 0.29) is 5.75 Å². The summed E-state index contributed by atoms with van der Waals surface area (Å²) in [5, 5.41) is 0. The second-order valence-electron chi connectivity index (χ2n) is 5.21. The fourth-order valence-corrected chi connectivity index (χ4v) is 5.49. The highest BCUT2D eigenvalue weighted by Gasteiger charge is 2.71. The number of β-lactam (4-membered cyclic amide) rings is 1. The van der Waals surface area contributed by atoms with Crippen LogP contribution in [0.3, 0.4) is 0 Å². The number of amides is 1. The van der Waals surface area contributed by atoms with E-state index >= 15 is 0 Å². The highest BCUT2D eigenvalue weighted by atomic mass is 32.2. The highest BCUT2D eigenvalue weighted by Crippen LogP contribution is 2.50. The number of esters is 1. The largest absolute Gasteiger partial charge is 0.448 e. The Morgan fingerprint density at radius 1 is 1.33 bits per heavy atom. The van der Waals surface area contributed by atoms with Crippen LogP contribution in [0.5, 0.6) is 0 Å². The molecule has 2 atom stereocenters. The molecule has 0 aliphatic carbocycles. The summed E-state index contributed by atoms with van der Waals surface area (Å²) in [6, 6.07) is 8.49. The summed E-state index contributed by atoms with van der Waals surface area (Å²) in [5.74, 6) is -1.13. The maximum Gasteiger partial charge on any atom is 0.303 e. The number of fused-ring (bicyclic) bond motifs is 1. The van der Waals surface area contributed by atoms with Gasteiger partial charge in [0, 0.05) is 13.5 Å². The summed E-state index contributed by atoms with van der Waals surface area (Å²) in [6.45, 7) is 1.52. The summed E-state index contributed by atoms with van der Waals surface area (Å²) < 4.78 is 30.5. The molecule has 112 valence electrons. The molecule has 0 saturated carbocycles. The van der Waals surface area contributed by atoms with Crippen LogP contribution in [0.1, 0.15) is 18.9 Å². The number of benzene rings is 1. The van der Waals surface area contributed by atoms with Gasteiger partial charge in [-0.25, -0.2) is 8.42 Å². The lowest BCUT2D eigenvalue weighted by Crippen LogP contribution is -2.78. The van der Waals surface area contributed by atoms with Crippen molar-refractivity contribution in [1.29, 1.82) is 0 Å². The van der Waals surface area contributed by atoms with Crippen LogP contribution in [0.4, 0.5) is 0 Å². The molecule has 21 heavy (non-hydrogen) atoms. The summed E-state index contributed by atoms with van der Waals surface area (Å²) in [5.41, 5.74) is 0.468. The van der Waals surface area contributed by atoms with Gasteiger partial charge in [0.2, 0.25) is 11.0 Å². The molecule has 2 heterocycles. The van der Waals surface area contributed by atoms with E-state index in [0.717, 1.165) is 0 Å². The number of carbonyl (C=O) groups excluding carboxylic acids is 2.